The first kappa shape index (κ1) is 11.1. The van der Waals surface area contributed by atoms with Crippen molar-refractivity contribution in [3.8, 4) is 0 Å². The summed E-state index contributed by atoms with van der Waals surface area (Å²) in [6, 6.07) is 6.08. The molecule has 1 aromatic carbocycles. The van der Waals surface area contributed by atoms with Crippen LogP contribution in [0, 0.1) is 0 Å². The SMILES string of the molecule is C[C@@H]1CNCCN1c1c(Cl)cccc1Cl. The van der Waals surface area contributed by atoms with Gasteiger partial charge < -0.3 is 10.2 Å². The highest BCUT2D eigenvalue weighted by molar-refractivity contribution is 6.39. The smallest absolute Gasteiger partial charge is 0.0748 e. The molecule has 4 heteroatoms. The lowest BCUT2D eigenvalue weighted by molar-refractivity contribution is 0.501. The predicted molar refractivity (Wildman–Crippen MR) is 66.1 cm³/mol. The molecule has 0 aromatic heterocycles. The van der Waals surface area contributed by atoms with Crippen LogP contribution in [0.4, 0.5) is 5.69 Å². The molecule has 1 aliphatic heterocycles. The van der Waals surface area contributed by atoms with Crippen molar-refractivity contribution >= 4 is 28.9 Å². The minimum Gasteiger partial charge on any atom is -0.364 e. The van der Waals surface area contributed by atoms with E-state index in [1.54, 1.807) is 0 Å². The number of nitrogens with zero attached hydrogens (tertiary/aromatic N) is 1. The molecule has 2 rings (SSSR count). The van der Waals surface area contributed by atoms with Gasteiger partial charge in [0.1, 0.15) is 0 Å². The van der Waals surface area contributed by atoms with Gasteiger partial charge in [-0.2, -0.15) is 0 Å². The van der Waals surface area contributed by atoms with E-state index in [1.807, 2.05) is 18.2 Å². The van der Waals surface area contributed by atoms with Crippen LogP contribution in [0.1, 0.15) is 6.92 Å². The minimum atomic E-state index is 0.427. The lowest BCUT2D eigenvalue weighted by Gasteiger charge is -2.36. The molecule has 1 atom stereocenters. The van der Waals surface area contributed by atoms with E-state index in [0.717, 1.165) is 35.4 Å². The molecule has 1 aliphatic rings. The number of anilines is 1. The van der Waals surface area contributed by atoms with Gasteiger partial charge in [-0.15, -0.1) is 0 Å². The van der Waals surface area contributed by atoms with Crippen molar-refractivity contribution in [1.82, 2.24) is 5.32 Å². The molecule has 1 aromatic rings. The molecule has 1 fully saturated rings. The van der Waals surface area contributed by atoms with E-state index in [0.29, 0.717) is 6.04 Å². The molecule has 0 bridgehead atoms. The summed E-state index contributed by atoms with van der Waals surface area (Å²) in [6.45, 7) is 5.07. The quantitative estimate of drug-likeness (QED) is 0.818. The molecule has 1 heterocycles. The van der Waals surface area contributed by atoms with Crippen LogP contribution in [0.2, 0.25) is 10.0 Å². The zero-order chi connectivity index (χ0) is 10.8. The summed E-state index contributed by atoms with van der Waals surface area (Å²) in [5.41, 5.74) is 0.967. The van der Waals surface area contributed by atoms with Crippen LogP contribution in [0.15, 0.2) is 18.2 Å². The maximum absolute atomic E-state index is 6.18. The Morgan fingerprint density at radius 1 is 1.33 bits per heavy atom. The van der Waals surface area contributed by atoms with Crippen LogP contribution >= 0.6 is 23.2 Å². The van der Waals surface area contributed by atoms with Crippen LogP contribution in [0.5, 0.6) is 0 Å². The summed E-state index contributed by atoms with van der Waals surface area (Å²) in [5, 5.41) is 4.81. The standard InChI is InChI=1S/C11H14Cl2N2/c1-8-7-14-5-6-15(8)11-9(12)3-2-4-10(11)13/h2-4,8,14H,5-7H2,1H3/t8-/m1/s1. The fourth-order valence-electron chi connectivity index (χ4n) is 1.94. The number of para-hydroxylation sites is 1. The Morgan fingerprint density at radius 3 is 2.60 bits per heavy atom. The molecular weight excluding hydrogens is 231 g/mol. The summed E-state index contributed by atoms with van der Waals surface area (Å²) in [7, 11) is 0. The number of hydrogen-bond acceptors (Lipinski definition) is 2. The zero-order valence-electron chi connectivity index (χ0n) is 8.63. The van der Waals surface area contributed by atoms with Crippen molar-refractivity contribution in [1.29, 1.82) is 0 Å². The Balaban J connectivity index is 2.35. The zero-order valence-corrected chi connectivity index (χ0v) is 10.1. The highest BCUT2D eigenvalue weighted by atomic mass is 35.5. The van der Waals surface area contributed by atoms with Crippen molar-refractivity contribution in [3.63, 3.8) is 0 Å². The average molecular weight is 245 g/mol. The largest absolute Gasteiger partial charge is 0.364 e. The second-order valence-electron chi connectivity index (χ2n) is 3.82. The van der Waals surface area contributed by atoms with E-state index in [9.17, 15) is 0 Å². The van der Waals surface area contributed by atoms with Gasteiger partial charge in [0.2, 0.25) is 0 Å². The van der Waals surface area contributed by atoms with Crippen molar-refractivity contribution < 1.29 is 0 Å². The normalized spacial score (nSPS) is 21.8. The van der Waals surface area contributed by atoms with E-state index >= 15 is 0 Å². The summed E-state index contributed by atoms with van der Waals surface area (Å²) in [4.78, 5) is 2.27. The van der Waals surface area contributed by atoms with Gasteiger partial charge in [-0.05, 0) is 19.1 Å². The maximum atomic E-state index is 6.18. The third-order valence-electron chi connectivity index (χ3n) is 2.73. The Labute approximate surface area is 100 Å². The number of piperazine rings is 1. The van der Waals surface area contributed by atoms with Crippen molar-refractivity contribution in [3.05, 3.63) is 28.2 Å². The lowest BCUT2D eigenvalue weighted by atomic mass is 10.2. The number of halogens is 2. The first-order valence-electron chi connectivity index (χ1n) is 5.11. The summed E-state index contributed by atoms with van der Waals surface area (Å²) < 4.78 is 0. The van der Waals surface area contributed by atoms with Gasteiger partial charge in [0, 0.05) is 25.7 Å². The first-order chi connectivity index (χ1) is 7.20. The van der Waals surface area contributed by atoms with Gasteiger partial charge in [-0.1, -0.05) is 29.3 Å². The molecule has 0 amide bonds. The molecule has 15 heavy (non-hydrogen) atoms. The third-order valence-corrected chi connectivity index (χ3v) is 3.34. The first-order valence-corrected chi connectivity index (χ1v) is 5.87. The molecule has 0 unspecified atom stereocenters. The molecule has 1 saturated heterocycles. The Morgan fingerprint density at radius 2 is 2.00 bits per heavy atom. The van der Waals surface area contributed by atoms with Crippen LogP contribution in [-0.4, -0.2) is 25.7 Å². The van der Waals surface area contributed by atoms with Gasteiger partial charge >= 0.3 is 0 Å². The number of nitrogens with one attached hydrogen (secondary N) is 1. The molecule has 1 N–H and O–H groups in total. The minimum absolute atomic E-state index is 0.427. The fraction of sp³-hybridized carbons (Fsp3) is 0.455. The van der Waals surface area contributed by atoms with E-state index in [-0.39, 0.29) is 0 Å². The molecule has 2 nitrogen and oxygen atoms in total. The molecule has 0 spiro atoms. The monoisotopic (exact) mass is 244 g/mol. The van der Waals surface area contributed by atoms with Crippen molar-refractivity contribution in [2.24, 2.45) is 0 Å². The van der Waals surface area contributed by atoms with Gasteiger partial charge in [0.15, 0.2) is 0 Å². The molecule has 0 saturated carbocycles. The maximum Gasteiger partial charge on any atom is 0.0748 e. The summed E-state index contributed by atoms with van der Waals surface area (Å²) >= 11 is 12.4. The van der Waals surface area contributed by atoms with Gasteiger partial charge in [-0.3, -0.25) is 0 Å². The van der Waals surface area contributed by atoms with E-state index in [2.05, 4.69) is 17.1 Å². The second kappa shape index (κ2) is 4.60. The van der Waals surface area contributed by atoms with E-state index in [4.69, 9.17) is 23.2 Å². The molecule has 82 valence electrons. The van der Waals surface area contributed by atoms with E-state index < -0.39 is 0 Å². The Hall–Kier alpha value is -0.440. The van der Waals surface area contributed by atoms with E-state index in [1.165, 1.54) is 0 Å². The molecule has 0 radical (unpaired) electrons. The Kier molecular flexibility index (Phi) is 3.39. The molecular formula is C11H14Cl2N2. The third kappa shape index (κ3) is 2.22. The lowest BCUT2D eigenvalue weighted by Crippen LogP contribution is -2.50. The highest BCUT2D eigenvalue weighted by Crippen LogP contribution is 2.34. The topological polar surface area (TPSA) is 15.3 Å². The fourth-order valence-corrected chi connectivity index (χ4v) is 2.55. The number of rotatable bonds is 1. The van der Waals surface area contributed by atoms with Gasteiger partial charge in [0.05, 0.1) is 15.7 Å². The highest BCUT2D eigenvalue weighted by Gasteiger charge is 2.22. The van der Waals surface area contributed by atoms with Crippen LogP contribution in [0.3, 0.4) is 0 Å². The average Bonchev–Trinajstić information content (AvgIpc) is 2.20. The summed E-state index contributed by atoms with van der Waals surface area (Å²) in [6.07, 6.45) is 0. The molecule has 0 aliphatic carbocycles. The van der Waals surface area contributed by atoms with Crippen LogP contribution in [-0.2, 0) is 0 Å². The Bertz CT molecular complexity index is 334. The predicted octanol–water partition coefficient (Wildman–Crippen LogP) is 2.79. The van der Waals surface area contributed by atoms with Gasteiger partial charge in [0.25, 0.3) is 0 Å². The van der Waals surface area contributed by atoms with Gasteiger partial charge in [-0.25, -0.2) is 0 Å². The van der Waals surface area contributed by atoms with Crippen molar-refractivity contribution in [2.75, 3.05) is 24.5 Å². The van der Waals surface area contributed by atoms with Crippen LogP contribution in [0.25, 0.3) is 0 Å². The summed E-state index contributed by atoms with van der Waals surface area (Å²) in [5.74, 6) is 0. The second-order valence-corrected chi connectivity index (χ2v) is 4.63. The van der Waals surface area contributed by atoms with Crippen LogP contribution < -0.4 is 10.2 Å². The van der Waals surface area contributed by atoms with Crippen molar-refractivity contribution in [2.45, 2.75) is 13.0 Å². The number of hydrogen-bond donors (Lipinski definition) is 1. The number of benzene rings is 1.